The molecule has 11 heavy (non-hydrogen) atoms. The summed E-state index contributed by atoms with van der Waals surface area (Å²) in [6.45, 7) is 4.91. The predicted octanol–water partition coefficient (Wildman–Crippen LogP) is 1.70. The first-order valence-corrected chi connectivity index (χ1v) is 4.40. The highest BCUT2D eigenvalue weighted by Gasteiger charge is 2.09. The van der Waals surface area contributed by atoms with Gasteiger partial charge in [-0.15, -0.1) is 0 Å². The summed E-state index contributed by atoms with van der Waals surface area (Å²) >= 11 is 0. The number of nitrogens with zero attached hydrogens (tertiary/aromatic N) is 1. The maximum atomic E-state index is 10.2. The molecule has 0 aromatic heterocycles. The van der Waals surface area contributed by atoms with Crippen LogP contribution in [0.5, 0.6) is 0 Å². The predicted molar refractivity (Wildman–Crippen MR) is 47.7 cm³/mol. The first kappa shape index (κ1) is 10.6. The third-order valence-corrected chi connectivity index (χ3v) is 2.08. The largest absolute Gasteiger partial charge is 0.302 e. The van der Waals surface area contributed by atoms with Gasteiger partial charge in [0.25, 0.3) is 0 Å². The lowest BCUT2D eigenvalue weighted by molar-refractivity contribution is -0.109. The molecule has 0 saturated carbocycles. The average molecular weight is 157 g/mol. The molecule has 0 fully saturated rings. The van der Waals surface area contributed by atoms with E-state index < -0.39 is 0 Å². The van der Waals surface area contributed by atoms with Crippen LogP contribution in [-0.2, 0) is 4.79 Å². The van der Waals surface area contributed by atoms with Gasteiger partial charge in [0.1, 0.15) is 6.29 Å². The summed E-state index contributed by atoms with van der Waals surface area (Å²) in [5, 5.41) is 0. The summed E-state index contributed by atoms with van der Waals surface area (Å²) in [4.78, 5) is 12.3. The standard InChI is InChI=1S/C9H19NO/c1-4-6-9(5-2)10(3)7-8-11/h8-9H,4-7H2,1-3H3. The molecule has 0 aliphatic rings. The van der Waals surface area contributed by atoms with Crippen molar-refractivity contribution in [2.45, 2.75) is 39.2 Å². The molecule has 0 heterocycles. The SMILES string of the molecule is CCCC(CC)N(C)CC=O. The first-order valence-electron chi connectivity index (χ1n) is 4.40. The monoisotopic (exact) mass is 157 g/mol. The molecule has 0 amide bonds. The van der Waals surface area contributed by atoms with E-state index in [-0.39, 0.29) is 0 Å². The number of carbonyl (C=O) groups is 1. The zero-order valence-electron chi connectivity index (χ0n) is 7.84. The van der Waals surface area contributed by atoms with Gasteiger partial charge in [-0.3, -0.25) is 4.90 Å². The van der Waals surface area contributed by atoms with Crippen molar-refractivity contribution in [2.24, 2.45) is 0 Å². The zero-order valence-corrected chi connectivity index (χ0v) is 7.84. The lowest BCUT2D eigenvalue weighted by atomic mass is 10.1. The summed E-state index contributed by atoms with van der Waals surface area (Å²) < 4.78 is 0. The molecule has 1 atom stereocenters. The molecule has 0 aliphatic heterocycles. The van der Waals surface area contributed by atoms with Crippen molar-refractivity contribution in [3.05, 3.63) is 0 Å². The Morgan fingerprint density at radius 2 is 2.09 bits per heavy atom. The number of rotatable bonds is 6. The molecule has 0 spiro atoms. The molecule has 0 N–H and O–H groups in total. The first-order chi connectivity index (χ1) is 5.26. The van der Waals surface area contributed by atoms with Crippen molar-refractivity contribution in [3.8, 4) is 0 Å². The molecule has 0 aromatic rings. The highest BCUT2D eigenvalue weighted by Crippen LogP contribution is 2.07. The van der Waals surface area contributed by atoms with Gasteiger partial charge >= 0.3 is 0 Å². The highest BCUT2D eigenvalue weighted by atomic mass is 16.1. The minimum Gasteiger partial charge on any atom is -0.302 e. The molecular formula is C9H19NO. The molecule has 1 unspecified atom stereocenters. The second kappa shape index (κ2) is 6.35. The van der Waals surface area contributed by atoms with Gasteiger partial charge in [0.05, 0.1) is 6.54 Å². The Kier molecular flexibility index (Phi) is 6.13. The van der Waals surface area contributed by atoms with Crippen LogP contribution in [0.2, 0.25) is 0 Å². The van der Waals surface area contributed by atoms with Crippen molar-refractivity contribution in [1.82, 2.24) is 4.90 Å². The van der Waals surface area contributed by atoms with Crippen LogP contribution < -0.4 is 0 Å². The third-order valence-electron chi connectivity index (χ3n) is 2.08. The maximum Gasteiger partial charge on any atom is 0.133 e. The maximum absolute atomic E-state index is 10.2. The Morgan fingerprint density at radius 1 is 1.45 bits per heavy atom. The van der Waals surface area contributed by atoms with Gasteiger partial charge in [-0.05, 0) is 19.9 Å². The summed E-state index contributed by atoms with van der Waals surface area (Å²) in [6.07, 6.45) is 4.50. The topological polar surface area (TPSA) is 20.3 Å². The fourth-order valence-corrected chi connectivity index (χ4v) is 1.34. The van der Waals surface area contributed by atoms with Crippen LogP contribution >= 0.6 is 0 Å². The van der Waals surface area contributed by atoms with E-state index in [1.807, 2.05) is 7.05 Å². The van der Waals surface area contributed by atoms with Crippen LogP contribution in [0.3, 0.4) is 0 Å². The van der Waals surface area contributed by atoms with Crippen molar-refractivity contribution in [3.63, 3.8) is 0 Å². The molecule has 0 rings (SSSR count). The molecule has 0 aromatic carbocycles. The van der Waals surface area contributed by atoms with Crippen LogP contribution in [0.1, 0.15) is 33.1 Å². The number of hydrogen-bond acceptors (Lipinski definition) is 2. The normalized spacial score (nSPS) is 13.5. The van der Waals surface area contributed by atoms with E-state index in [4.69, 9.17) is 0 Å². The molecule has 0 bridgehead atoms. The lowest BCUT2D eigenvalue weighted by Gasteiger charge is -2.24. The molecule has 0 aliphatic carbocycles. The van der Waals surface area contributed by atoms with Crippen molar-refractivity contribution in [1.29, 1.82) is 0 Å². The Labute approximate surface area is 69.6 Å². The molecule has 2 nitrogen and oxygen atoms in total. The highest BCUT2D eigenvalue weighted by molar-refractivity contribution is 5.51. The lowest BCUT2D eigenvalue weighted by Crippen LogP contribution is -2.32. The summed E-state index contributed by atoms with van der Waals surface area (Å²) in [6, 6.07) is 0.588. The van der Waals surface area contributed by atoms with Gasteiger partial charge in [-0.2, -0.15) is 0 Å². The van der Waals surface area contributed by atoms with Gasteiger partial charge in [0.2, 0.25) is 0 Å². The van der Waals surface area contributed by atoms with Gasteiger partial charge in [-0.25, -0.2) is 0 Å². The second-order valence-electron chi connectivity index (χ2n) is 2.96. The van der Waals surface area contributed by atoms with Crippen LogP contribution in [-0.4, -0.2) is 30.8 Å². The van der Waals surface area contributed by atoms with Gasteiger partial charge in [0.15, 0.2) is 0 Å². The summed E-state index contributed by atoms with van der Waals surface area (Å²) in [5.41, 5.74) is 0. The molecule has 0 saturated heterocycles. The summed E-state index contributed by atoms with van der Waals surface area (Å²) in [5.74, 6) is 0. The molecular weight excluding hydrogens is 138 g/mol. The summed E-state index contributed by atoms with van der Waals surface area (Å²) in [7, 11) is 2.01. The zero-order chi connectivity index (χ0) is 8.69. The van der Waals surface area contributed by atoms with Crippen LogP contribution in [0.15, 0.2) is 0 Å². The van der Waals surface area contributed by atoms with Gasteiger partial charge < -0.3 is 4.79 Å². The van der Waals surface area contributed by atoms with E-state index in [0.29, 0.717) is 12.6 Å². The Morgan fingerprint density at radius 3 is 2.45 bits per heavy atom. The van der Waals surface area contributed by atoms with Crippen molar-refractivity contribution in [2.75, 3.05) is 13.6 Å². The number of hydrogen-bond donors (Lipinski definition) is 0. The van der Waals surface area contributed by atoms with Crippen LogP contribution in [0.25, 0.3) is 0 Å². The van der Waals surface area contributed by atoms with Crippen molar-refractivity contribution < 1.29 is 4.79 Å². The van der Waals surface area contributed by atoms with E-state index >= 15 is 0 Å². The van der Waals surface area contributed by atoms with E-state index in [1.165, 1.54) is 12.8 Å². The van der Waals surface area contributed by atoms with Crippen molar-refractivity contribution >= 4 is 6.29 Å². The second-order valence-corrected chi connectivity index (χ2v) is 2.96. The Bertz CT molecular complexity index is 104. The smallest absolute Gasteiger partial charge is 0.133 e. The number of aldehydes is 1. The number of carbonyl (C=O) groups excluding carboxylic acids is 1. The fourth-order valence-electron chi connectivity index (χ4n) is 1.34. The van der Waals surface area contributed by atoms with E-state index in [1.54, 1.807) is 0 Å². The van der Waals surface area contributed by atoms with E-state index in [9.17, 15) is 4.79 Å². The van der Waals surface area contributed by atoms with E-state index in [2.05, 4.69) is 18.7 Å². The molecule has 0 radical (unpaired) electrons. The van der Waals surface area contributed by atoms with Gasteiger partial charge in [0, 0.05) is 6.04 Å². The Hall–Kier alpha value is -0.370. The fraction of sp³-hybridized carbons (Fsp3) is 0.889. The third kappa shape index (κ3) is 4.14. The minimum atomic E-state index is 0.568. The Balaban J connectivity index is 3.70. The average Bonchev–Trinajstić information content (AvgIpc) is 2.00. The quantitative estimate of drug-likeness (QED) is 0.547. The van der Waals surface area contributed by atoms with Crippen LogP contribution in [0.4, 0.5) is 0 Å². The van der Waals surface area contributed by atoms with Crippen LogP contribution in [0, 0.1) is 0 Å². The molecule has 66 valence electrons. The van der Waals surface area contributed by atoms with E-state index in [0.717, 1.165) is 12.7 Å². The minimum absolute atomic E-state index is 0.568. The number of likely N-dealkylation sites (N-methyl/N-ethyl adjacent to an activating group) is 1. The van der Waals surface area contributed by atoms with Gasteiger partial charge in [-0.1, -0.05) is 20.3 Å². The molecule has 2 heteroatoms.